The summed E-state index contributed by atoms with van der Waals surface area (Å²) in [5.74, 6) is -5.92. The molecule has 126 valence electrons. The van der Waals surface area contributed by atoms with Gasteiger partial charge in [0, 0.05) is 5.75 Å². The van der Waals surface area contributed by atoms with Crippen molar-refractivity contribution in [3.8, 4) is 0 Å². The number of alkyl halides is 1. The Hall–Kier alpha value is -0.890. The number of hydrogen-bond donors (Lipinski definition) is 3. The van der Waals surface area contributed by atoms with E-state index in [4.69, 9.17) is 10.2 Å². The Labute approximate surface area is 139 Å². The number of aliphatic carboxylic acids is 2. The molecule has 0 fully saturated rings. The normalized spacial score (nSPS) is 28.5. The maximum Gasteiger partial charge on any atom is 0.315 e. The molecule has 0 spiro atoms. The van der Waals surface area contributed by atoms with E-state index in [0.29, 0.717) is 5.75 Å². The predicted octanol–water partition coefficient (Wildman–Crippen LogP) is 2.88. The van der Waals surface area contributed by atoms with Crippen LogP contribution < -0.4 is 0 Å². The van der Waals surface area contributed by atoms with Gasteiger partial charge >= 0.3 is 11.9 Å². The third kappa shape index (κ3) is 3.90. The first kappa shape index (κ1) is 19.2. The summed E-state index contributed by atoms with van der Waals surface area (Å²) in [7, 11) is -1.25. The zero-order valence-electron chi connectivity index (χ0n) is 12.8. The molecule has 0 amide bonds. The Morgan fingerprint density at radius 2 is 1.86 bits per heavy atom. The molecule has 0 aromatic rings. The van der Waals surface area contributed by atoms with E-state index in [-0.39, 0.29) is 4.91 Å². The van der Waals surface area contributed by atoms with Crippen LogP contribution in [-0.2, 0) is 14.4 Å². The first-order valence-electron chi connectivity index (χ1n) is 6.64. The van der Waals surface area contributed by atoms with Crippen LogP contribution in [0.2, 0.25) is 0 Å². The number of halogens is 2. The fourth-order valence-corrected chi connectivity index (χ4v) is 6.30. The number of carbonyl (C=O) groups excluding carboxylic acids is 1. The summed E-state index contributed by atoms with van der Waals surface area (Å²) in [6.45, 7) is 7.18. The number of carboxylic acids is 2. The van der Waals surface area contributed by atoms with Crippen LogP contribution in [0.5, 0.6) is 0 Å². The van der Waals surface area contributed by atoms with Crippen molar-refractivity contribution in [1.82, 2.24) is 0 Å². The molecule has 0 radical (unpaired) electrons. The van der Waals surface area contributed by atoms with E-state index in [0.717, 1.165) is 0 Å². The molecule has 0 aromatic heterocycles. The van der Waals surface area contributed by atoms with E-state index in [1.807, 2.05) is 20.8 Å². The smallest absolute Gasteiger partial charge is 0.315 e. The van der Waals surface area contributed by atoms with E-state index >= 15 is 0 Å². The van der Waals surface area contributed by atoms with Gasteiger partial charge in [-0.1, -0.05) is 36.7 Å². The predicted molar refractivity (Wildman–Crippen MR) is 87.5 cm³/mol. The number of Topliss-reactive ketones (excluding diaryl/α,β-unsaturated/α-hetero) is 1. The Balaban J connectivity index is 3.34. The summed E-state index contributed by atoms with van der Waals surface area (Å²) in [6.07, 6.45) is -0.850. The van der Waals surface area contributed by atoms with Crippen LogP contribution in [0.15, 0.2) is 10.7 Å². The summed E-state index contributed by atoms with van der Waals surface area (Å²) in [5, 5.41) is 17.9. The highest BCUT2D eigenvalue weighted by Crippen LogP contribution is 2.60. The zero-order chi connectivity index (χ0) is 17.5. The summed E-state index contributed by atoms with van der Waals surface area (Å²) in [5.41, 5.74) is 0. The monoisotopic (exact) mass is 398 g/mol. The quantitative estimate of drug-likeness (QED) is 0.376. The first-order chi connectivity index (χ1) is 9.79. The molecule has 1 heterocycles. The van der Waals surface area contributed by atoms with Crippen LogP contribution in [-0.4, -0.2) is 42.8 Å². The molecular formula is C14H20BrFO5S. The average Bonchev–Trinajstić information content (AvgIpc) is 2.56. The number of carboxylic acid groups (broad SMARTS) is 2. The minimum absolute atomic E-state index is 0.129. The van der Waals surface area contributed by atoms with Gasteiger partial charge in [-0.15, -0.1) is 0 Å². The van der Waals surface area contributed by atoms with Gasteiger partial charge < -0.3 is 10.2 Å². The molecular weight excluding hydrogens is 379 g/mol. The number of thiol groups is 1. The SMILES string of the molecule is CC1(Br)C[SH](C(C)(C)C)C(C(=O)C(CC(=O)O)C(=O)O)=C1F. The van der Waals surface area contributed by atoms with Crippen molar-refractivity contribution in [3.63, 3.8) is 0 Å². The minimum atomic E-state index is -1.76. The van der Waals surface area contributed by atoms with Crippen LogP contribution in [0.1, 0.15) is 34.1 Å². The van der Waals surface area contributed by atoms with Crippen LogP contribution in [0, 0.1) is 5.92 Å². The molecule has 2 N–H and O–H groups in total. The van der Waals surface area contributed by atoms with Crippen LogP contribution in [0.4, 0.5) is 4.39 Å². The highest BCUT2D eigenvalue weighted by molar-refractivity contribution is 9.10. The van der Waals surface area contributed by atoms with E-state index in [1.165, 1.54) is 0 Å². The summed E-state index contributed by atoms with van der Waals surface area (Å²) in [4.78, 5) is 34.4. The highest BCUT2D eigenvalue weighted by Gasteiger charge is 2.48. The maximum atomic E-state index is 14.6. The number of carbonyl (C=O) groups is 3. The molecule has 1 rings (SSSR count). The van der Waals surface area contributed by atoms with Crippen molar-refractivity contribution in [2.45, 2.75) is 43.2 Å². The molecule has 1 aliphatic heterocycles. The van der Waals surface area contributed by atoms with E-state index in [2.05, 4.69) is 15.9 Å². The topological polar surface area (TPSA) is 91.7 Å². The summed E-state index contributed by atoms with van der Waals surface area (Å²) < 4.78 is 13.2. The molecule has 5 nitrogen and oxygen atoms in total. The van der Waals surface area contributed by atoms with Crippen LogP contribution in [0.25, 0.3) is 0 Å². The van der Waals surface area contributed by atoms with Crippen molar-refractivity contribution in [3.05, 3.63) is 10.7 Å². The lowest BCUT2D eigenvalue weighted by atomic mass is 9.98. The van der Waals surface area contributed by atoms with Crippen molar-refractivity contribution in [2.75, 3.05) is 5.75 Å². The molecule has 0 aliphatic carbocycles. The fourth-order valence-electron chi connectivity index (χ4n) is 2.26. The van der Waals surface area contributed by atoms with Gasteiger partial charge in [-0.25, -0.2) is 15.3 Å². The molecule has 3 atom stereocenters. The van der Waals surface area contributed by atoms with Crippen molar-refractivity contribution in [1.29, 1.82) is 0 Å². The molecule has 22 heavy (non-hydrogen) atoms. The average molecular weight is 399 g/mol. The van der Waals surface area contributed by atoms with Gasteiger partial charge in [0.25, 0.3) is 0 Å². The lowest BCUT2D eigenvalue weighted by Gasteiger charge is -2.34. The lowest BCUT2D eigenvalue weighted by molar-refractivity contribution is -0.151. The highest BCUT2D eigenvalue weighted by atomic mass is 79.9. The fraction of sp³-hybridized carbons (Fsp3) is 0.643. The van der Waals surface area contributed by atoms with Crippen LogP contribution in [0.3, 0.4) is 0 Å². The van der Waals surface area contributed by atoms with Gasteiger partial charge in [-0.3, -0.25) is 14.4 Å². The van der Waals surface area contributed by atoms with Gasteiger partial charge in [0.15, 0.2) is 5.78 Å². The third-order valence-electron chi connectivity index (χ3n) is 3.43. The molecule has 0 saturated carbocycles. The van der Waals surface area contributed by atoms with E-state index in [9.17, 15) is 18.8 Å². The molecule has 0 saturated heterocycles. The first-order valence-corrected chi connectivity index (χ1v) is 8.96. The maximum absolute atomic E-state index is 14.6. The number of allylic oxidation sites excluding steroid dienone is 2. The standard InChI is InChI=1S/C14H20BrFO5S/c1-13(2,3)22-6-14(4,15)11(16)10(22)9(19)7(12(20)21)5-8(17)18/h7,22H,5-6H2,1-4H3,(H,17,18)(H,20,21). The second-order valence-corrected chi connectivity index (χ2v) is 11.2. The molecule has 0 aromatic carbocycles. The second-order valence-electron chi connectivity index (χ2n) is 6.47. The van der Waals surface area contributed by atoms with Gasteiger partial charge in [0.2, 0.25) is 0 Å². The Morgan fingerprint density at radius 1 is 1.36 bits per heavy atom. The number of rotatable bonds is 5. The van der Waals surface area contributed by atoms with Crippen molar-refractivity contribution >= 4 is 44.5 Å². The largest absolute Gasteiger partial charge is 0.481 e. The van der Waals surface area contributed by atoms with Gasteiger partial charge in [0.05, 0.1) is 15.7 Å². The number of hydrogen-bond acceptors (Lipinski definition) is 3. The van der Waals surface area contributed by atoms with Crippen molar-refractivity contribution < 1.29 is 29.0 Å². The molecule has 3 unspecified atom stereocenters. The zero-order valence-corrected chi connectivity index (χ0v) is 15.3. The Kier molecular flexibility index (Phi) is 5.50. The van der Waals surface area contributed by atoms with Gasteiger partial charge in [0.1, 0.15) is 11.7 Å². The van der Waals surface area contributed by atoms with Gasteiger partial charge in [-0.05, 0) is 11.7 Å². The van der Waals surface area contributed by atoms with E-state index in [1.54, 1.807) is 6.92 Å². The van der Waals surface area contributed by atoms with Crippen molar-refractivity contribution in [2.24, 2.45) is 5.92 Å². The summed E-state index contributed by atoms with van der Waals surface area (Å²) in [6, 6.07) is 0. The summed E-state index contributed by atoms with van der Waals surface area (Å²) >= 11 is 3.25. The minimum Gasteiger partial charge on any atom is -0.481 e. The number of ketones is 1. The second kappa shape index (κ2) is 6.31. The van der Waals surface area contributed by atoms with Gasteiger partial charge in [-0.2, -0.15) is 0 Å². The molecule has 1 aliphatic rings. The molecule has 8 heteroatoms. The molecule has 0 bridgehead atoms. The Bertz CT molecular complexity index is 550. The van der Waals surface area contributed by atoms with Crippen LogP contribution >= 0.6 is 26.8 Å². The lowest BCUT2D eigenvalue weighted by Crippen LogP contribution is -2.29. The Morgan fingerprint density at radius 3 is 2.23 bits per heavy atom. The van der Waals surface area contributed by atoms with E-state index < -0.39 is 55.9 Å². The third-order valence-corrected chi connectivity index (χ3v) is 8.01.